The Morgan fingerprint density at radius 2 is 2.21 bits per heavy atom. The van der Waals surface area contributed by atoms with Crippen LogP contribution in [0.1, 0.15) is 25.8 Å². The molecule has 1 aliphatic carbocycles. The van der Waals surface area contributed by atoms with Gasteiger partial charge in [-0.25, -0.2) is 13.6 Å². The van der Waals surface area contributed by atoms with Crippen LogP contribution in [0.3, 0.4) is 0 Å². The molecule has 1 saturated carbocycles. The summed E-state index contributed by atoms with van der Waals surface area (Å²) in [4.78, 5) is 11.3. The summed E-state index contributed by atoms with van der Waals surface area (Å²) >= 11 is 0. The Balaban J connectivity index is 2.13. The highest BCUT2D eigenvalue weighted by Crippen LogP contribution is 2.54. The van der Waals surface area contributed by atoms with Crippen LogP contribution in [0.2, 0.25) is 0 Å². The van der Waals surface area contributed by atoms with Gasteiger partial charge in [0.05, 0.1) is 6.61 Å². The molecule has 2 atom stereocenters. The number of alkyl carbamates (subject to hydrolysis) is 1. The lowest BCUT2D eigenvalue weighted by molar-refractivity contribution is 0.151. The molecule has 1 aromatic rings. The highest BCUT2D eigenvalue weighted by molar-refractivity contribution is 5.67. The zero-order valence-electron chi connectivity index (χ0n) is 11.0. The van der Waals surface area contributed by atoms with Crippen LogP contribution in [-0.2, 0) is 10.2 Å². The molecular weight excluding hydrogens is 252 g/mol. The maximum absolute atomic E-state index is 13.8. The molecule has 1 amide bonds. The van der Waals surface area contributed by atoms with Crippen molar-refractivity contribution >= 4 is 6.09 Å². The van der Waals surface area contributed by atoms with Crippen molar-refractivity contribution in [1.29, 1.82) is 0 Å². The molecule has 5 heteroatoms. The number of carbonyl (C=O) groups excluding carboxylic acids is 1. The monoisotopic (exact) mass is 269 g/mol. The van der Waals surface area contributed by atoms with Crippen molar-refractivity contribution in [3.8, 4) is 0 Å². The summed E-state index contributed by atoms with van der Waals surface area (Å²) in [5, 5.41) is 2.64. The molecule has 3 nitrogen and oxygen atoms in total. The second-order valence-corrected chi connectivity index (χ2v) is 4.96. The highest BCUT2D eigenvalue weighted by Gasteiger charge is 2.53. The van der Waals surface area contributed by atoms with Gasteiger partial charge in [-0.3, -0.25) is 0 Å². The first-order valence-electron chi connectivity index (χ1n) is 6.35. The molecule has 19 heavy (non-hydrogen) atoms. The largest absolute Gasteiger partial charge is 0.450 e. The Labute approximate surface area is 111 Å². The second kappa shape index (κ2) is 5.15. The van der Waals surface area contributed by atoms with Crippen LogP contribution in [0.5, 0.6) is 0 Å². The number of hydrogen-bond donors (Lipinski definition) is 1. The second-order valence-electron chi connectivity index (χ2n) is 4.96. The molecule has 1 fully saturated rings. The predicted molar refractivity (Wildman–Crippen MR) is 66.8 cm³/mol. The van der Waals surface area contributed by atoms with E-state index in [4.69, 9.17) is 4.74 Å². The van der Waals surface area contributed by atoms with E-state index >= 15 is 0 Å². The summed E-state index contributed by atoms with van der Waals surface area (Å²) < 4.78 is 31.6. The Hall–Kier alpha value is -1.65. The molecule has 0 bridgehead atoms. The molecule has 2 unspecified atom stereocenters. The van der Waals surface area contributed by atoms with Gasteiger partial charge in [0.2, 0.25) is 0 Å². The fourth-order valence-corrected chi connectivity index (χ4v) is 2.51. The number of nitrogens with one attached hydrogen (secondary N) is 1. The highest BCUT2D eigenvalue weighted by atomic mass is 19.1. The van der Waals surface area contributed by atoms with E-state index in [1.807, 2.05) is 6.92 Å². The summed E-state index contributed by atoms with van der Waals surface area (Å²) in [6.07, 6.45) is 0.255. The SMILES string of the molecule is CCOC(=O)NCC1(c2ccc(F)cc2F)CC1C. The fourth-order valence-electron chi connectivity index (χ4n) is 2.51. The summed E-state index contributed by atoms with van der Waals surface area (Å²) in [5.74, 6) is -0.910. The van der Waals surface area contributed by atoms with E-state index in [1.54, 1.807) is 6.92 Å². The van der Waals surface area contributed by atoms with Gasteiger partial charge < -0.3 is 10.1 Å². The smallest absolute Gasteiger partial charge is 0.407 e. The molecular formula is C14H17F2NO2. The topological polar surface area (TPSA) is 38.3 Å². The number of halogens is 2. The zero-order valence-corrected chi connectivity index (χ0v) is 11.0. The van der Waals surface area contributed by atoms with Crippen molar-refractivity contribution < 1.29 is 18.3 Å². The maximum Gasteiger partial charge on any atom is 0.407 e. The van der Waals surface area contributed by atoms with Crippen molar-refractivity contribution in [3.63, 3.8) is 0 Å². The zero-order chi connectivity index (χ0) is 14.0. The van der Waals surface area contributed by atoms with Gasteiger partial charge in [-0.05, 0) is 30.9 Å². The number of amides is 1. The Morgan fingerprint density at radius 1 is 1.53 bits per heavy atom. The molecule has 1 aromatic carbocycles. The first-order valence-corrected chi connectivity index (χ1v) is 6.35. The fraction of sp³-hybridized carbons (Fsp3) is 0.500. The lowest BCUT2D eigenvalue weighted by Crippen LogP contribution is -2.34. The Kier molecular flexibility index (Phi) is 3.73. The predicted octanol–water partition coefficient (Wildman–Crippen LogP) is 2.99. The van der Waals surface area contributed by atoms with E-state index in [0.717, 1.165) is 12.5 Å². The van der Waals surface area contributed by atoms with Crippen LogP contribution in [0.15, 0.2) is 18.2 Å². The van der Waals surface area contributed by atoms with E-state index < -0.39 is 23.1 Å². The summed E-state index contributed by atoms with van der Waals surface area (Å²) in [6, 6.07) is 3.59. The number of carbonyl (C=O) groups is 1. The number of benzene rings is 1. The van der Waals surface area contributed by atoms with Gasteiger partial charge in [0.1, 0.15) is 11.6 Å². The molecule has 1 N–H and O–H groups in total. The van der Waals surface area contributed by atoms with Gasteiger partial charge in [-0.2, -0.15) is 0 Å². The van der Waals surface area contributed by atoms with Gasteiger partial charge in [-0.1, -0.05) is 13.0 Å². The van der Waals surface area contributed by atoms with E-state index in [2.05, 4.69) is 5.32 Å². The van der Waals surface area contributed by atoms with Crippen molar-refractivity contribution in [1.82, 2.24) is 5.32 Å². The first-order chi connectivity index (χ1) is 8.99. The van der Waals surface area contributed by atoms with Crippen LogP contribution in [0.25, 0.3) is 0 Å². The van der Waals surface area contributed by atoms with E-state index in [-0.39, 0.29) is 5.92 Å². The standard InChI is InChI=1S/C14H17F2NO2/c1-3-19-13(18)17-8-14(7-9(14)2)11-5-4-10(15)6-12(11)16/h4-6,9H,3,7-8H2,1-2H3,(H,17,18). The molecule has 0 aliphatic heterocycles. The molecule has 104 valence electrons. The van der Waals surface area contributed by atoms with Crippen molar-refractivity contribution in [2.24, 2.45) is 5.92 Å². The van der Waals surface area contributed by atoms with Gasteiger partial charge in [0.15, 0.2) is 0 Å². The minimum Gasteiger partial charge on any atom is -0.450 e. The van der Waals surface area contributed by atoms with Crippen molar-refractivity contribution in [3.05, 3.63) is 35.4 Å². The average molecular weight is 269 g/mol. The lowest BCUT2D eigenvalue weighted by Gasteiger charge is -2.18. The summed E-state index contributed by atoms with van der Waals surface area (Å²) in [5.41, 5.74) is 0.0167. The number of hydrogen-bond acceptors (Lipinski definition) is 2. The van der Waals surface area contributed by atoms with Crippen molar-refractivity contribution in [2.75, 3.05) is 13.2 Å². The van der Waals surface area contributed by atoms with Crippen LogP contribution >= 0.6 is 0 Å². The quantitative estimate of drug-likeness (QED) is 0.912. The summed E-state index contributed by atoms with van der Waals surface area (Å²) in [6.45, 7) is 4.29. The van der Waals surface area contributed by atoms with Crippen LogP contribution in [-0.4, -0.2) is 19.2 Å². The molecule has 0 heterocycles. The Bertz CT molecular complexity index is 492. The molecule has 0 aromatic heterocycles. The minimum atomic E-state index is -0.594. The molecule has 0 radical (unpaired) electrons. The number of rotatable bonds is 4. The van der Waals surface area contributed by atoms with E-state index in [1.165, 1.54) is 12.1 Å². The third-order valence-electron chi connectivity index (χ3n) is 3.74. The molecule has 0 saturated heterocycles. The summed E-state index contributed by atoms with van der Waals surface area (Å²) in [7, 11) is 0. The van der Waals surface area contributed by atoms with Gasteiger partial charge in [0.25, 0.3) is 0 Å². The van der Waals surface area contributed by atoms with Crippen LogP contribution in [0, 0.1) is 17.6 Å². The van der Waals surface area contributed by atoms with Crippen LogP contribution in [0.4, 0.5) is 13.6 Å². The number of ether oxygens (including phenoxy) is 1. The maximum atomic E-state index is 13.8. The normalized spacial score (nSPS) is 24.9. The van der Waals surface area contributed by atoms with E-state index in [0.29, 0.717) is 18.7 Å². The van der Waals surface area contributed by atoms with Gasteiger partial charge in [-0.15, -0.1) is 0 Å². The third kappa shape index (κ3) is 2.69. The third-order valence-corrected chi connectivity index (χ3v) is 3.74. The minimum absolute atomic E-state index is 0.245. The Morgan fingerprint density at radius 3 is 2.74 bits per heavy atom. The van der Waals surface area contributed by atoms with Gasteiger partial charge >= 0.3 is 6.09 Å². The lowest BCUT2D eigenvalue weighted by atomic mass is 9.93. The molecule has 0 spiro atoms. The molecule has 2 rings (SSSR count). The van der Waals surface area contributed by atoms with Gasteiger partial charge in [0, 0.05) is 18.0 Å². The average Bonchev–Trinajstić information content (AvgIpc) is 2.99. The van der Waals surface area contributed by atoms with Crippen molar-refractivity contribution in [2.45, 2.75) is 25.7 Å². The first kappa shape index (κ1) is 13.8. The van der Waals surface area contributed by atoms with Crippen LogP contribution < -0.4 is 5.32 Å². The molecule has 1 aliphatic rings. The van der Waals surface area contributed by atoms with E-state index in [9.17, 15) is 13.6 Å².